The van der Waals surface area contributed by atoms with Crippen LogP contribution in [0.5, 0.6) is 0 Å². The van der Waals surface area contributed by atoms with Crippen molar-refractivity contribution in [1.29, 1.82) is 5.26 Å². The maximum Gasteiger partial charge on any atom is 0.264 e. The van der Waals surface area contributed by atoms with Crippen LogP contribution >= 0.6 is 23.4 Å². The molecule has 7 heteroatoms. The monoisotopic (exact) mass is 397 g/mol. The van der Waals surface area contributed by atoms with Crippen molar-refractivity contribution in [3.8, 4) is 6.07 Å². The summed E-state index contributed by atoms with van der Waals surface area (Å²) >= 11 is 7.13. The third kappa shape index (κ3) is 4.16. The molecule has 0 saturated carbocycles. The van der Waals surface area contributed by atoms with Gasteiger partial charge in [-0.05, 0) is 36.8 Å². The molecule has 5 nitrogen and oxygen atoms in total. The number of nitriles is 1. The van der Waals surface area contributed by atoms with Crippen LogP contribution in [0.4, 0.5) is 5.69 Å². The largest absolute Gasteiger partial charge is 0.347 e. The molecule has 136 valence electrons. The highest BCUT2D eigenvalue weighted by Crippen LogP contribution is 2.40. The van der Waals surface area contributed by atoms with Gasteiger partial charge in [0.05, 0.1) is 5.25 Å². The number of amides is 2. The molecular weight excluding hydrogens is 382 g/mol. The maximum absolute atomic E-state index is 12.6. The Bertz CT molecular complexity index is 936. The van der Waals surface area contributed by atoms with E-state index >= 15 is 0 Å². The van der Waals surface area contributed by atoms with E-state index < -0.39 is 5.91 Å². The van der Waals surface area contributed by atoms with Gasteiger partial charge in [-0.15, -0.1) is 0 Å². The predicted octanol–water partition coefficient (Wildman–Crippen LogP) is 3.86. The van der Waals surface area contributed by atoms with Gasteiger partial charge in [0.1, 0.15) is 16.7 Å². The summed E-state index contributed by atoms with van der Waals surface area (Å²) in [4.78, 5) is 26.6. The average molecular weight is 398 g/mol. The summed E-state index contributed by atoms with van der Waals surface area (Å²) in [5.41, 5.74) is 1.41. The molecule has 2 aromatic carbocycles. The molecule has 0 bridgehead atoms. The summed E-state index contributed by atoms with van der Waals surface area (Å²) in [6.45, 7) is 2.05. The maximum atomic E-state index is 12.6. The van der Waals surface area contributed by atoms with Gasteiger partial charge in [-0.25, -0.2) is 0 Å². The molecule has 1 unspecified atom stereocenters. The number of nitrogens with zero attached hydrogens (tertiary/aromatic N) is 2. The Kier molecular flexibility index (Phi) is 5.84. The fourth-order valence-electron chi connectivity index (χ4n) is 2.62. The summed E-state index contributed by atoms with van der Waals surface area (Å²) in [5.74, 6) is -0.689. The zero-order valence-electron chi connectivity index (χ0n) is 14.5. The van der Waals surface area contributed by atoms with Gasteiger partial charge in [0.25, 0.3) is 5.91 Å². The first-order valence-electron chi connectivity index (χ1n) is 8.24. The highest BCUT2D eigenvalue weighted by Gasteiger charge is 2.38. The first-order valence-corrected chi connectivity index (χ1v) is 9.49. The van der Waals surface area contributed by atoms with Crippen LogP contribution in [0.25, 0.3) is 0 Å². The van der Waals surface area contributed by atoms with Crippen molar-refractivity contribution in [3.05, 3.63) is 75.8 Å². The van der Waals surface area contributed by atoms with E-state index in [1.165, 1.54) is 16.7 Å². The summed E-state index contributed by atoms with van der Waals surface area (Å²) in [6.07, 6.45) is 0. The molecule has 27 heavy (non-hydrogen) atoms. The lowest BCUT2D eigenvalue weighted by atomic mass is 10.2. The van der Waals surface area contributed by atoms with Crippen LogP contribution < -0.4 is 10.2 Å². The van der Waals surface area contributed by atoms with Gasteiger partial charge in [-0.3, -0.25) is 14.5 Å². The van der Waals surface area contributed by atoms with E-state index in [-0.39, 0.29) is 16.7 Å². The Morgan fingerprint density at radius 2 is 1.89 bits per heavy atom. The topological polar surface area (TPSA) is 73.2 Å². The highest BCUT2D eigenvalue weighted by atomic mass is 35.5. The van der Waals surface area contributed by atoms with Crippen molar-refractivity contribution < 1.29 is 9.59 Å². The number of rotatable bonds is 4. The van der Waals surface area contributed by atoms with Crippen molar-refractivity contribution in [2.75, 3.05) is 4.90 Å². The van der Waals surface area contributed by atoms with Crippen molar-refractivity contribution in [2.45, 2.75) is 18.7 Å². The molecule has 1 heterocycles. The van der Waals surface area contributed by atoms with E-state index in [2.05, 4.69) is 5.32 Å². The lowest BCUT2D eigenvalue weighted by molar-refractivity contribution is -0.117. The van der Waals surface area contributed by atoms with E-state index in [1.807, 2.05) is 36.4 Å². The number of anilines is 1. The molecule has 0 spiro atoms. The van der Waals surface area contributed by atoms with Gasteiger partial charge < -0.3 is 5.32 Å². The molecule has 0 aliphatic carbocycles. The van der Waals surface area contributed by atoms with Crippen LogP contribution in [-0.2, 0) is 16.1 Å². The molecular formula is C20H16ClN3O2S. The number of hydrogen-bond donors (Lipinski definition) is 1. The number of halogens is 1. The van der Waals surface area contributed by atoms with Crippen LogP contribution in [0.3, 0.4) is 0 Å². The van der Waals surface area contributed by atoms with E-state index in [0.717, 1.165) is 5.56 Å². The molecule has 1 aliphatic heterocycles. The average Bonchev–Trinajstić information content (AvgIpc) is 2.97. The summed E-state index contributed by atoms with van der Waals surface area (Å²) in [5, 5.41) is 12.8. The second kappa shape index (κ2) is 8.30. The Morgan fingerprint density at radius 1 is 1.22 bits per heavy atom. The molecule has 2 aromatic rings. The molecule has 1 N–H and O–H groups in total. The zero-order valence-corrected chi connectivity index (χ0v) is 16.1. The number of benzene rings is 2. The van der Waals surface area contributed by atoms with E-state index in [4.69, 9.17) is 11.6 Å². The molecule has 1 saturated heterocycles. The fourth-order valence-corrected chi connectivity index (χ4v) is 3.84. The minimum atomic E-state index is -0.510. The standard InChI is InChI=1S/C20H16ClN3O2S/c1-13-19(26)24(16-9-7-15(21)8-10-16)20(27-13)17(11-22)18(25)23-12-14-5-3-2-4-6-14/h2-10,13H,12H2,1H3,(H,23,25)/b20-17+. The van der Waals surface area contributed by atoms with Crippen LogP contribution in [0.2, 0.25) is 5.02 Å². The minimum Gasteiger partial charge on any atom is -0.347 e. The third-order valence-corrected chi connectivity index (χ3v) is 5.41. The van der Waals surface area contributed by atoms with E-state index in [0.29, 0.717) is 22.3 Å². The lowest BCUT2D eigenvalue weighted by Crippen LogP contribution is -2.30. The fraction of sp³-hybridized carbons (Fsp3) is 0.150. The summed E-state index contributed by atoms with van der Waals surface area (Å²) in [7, 11) is 0. The van der Waals surface area contributed by atoms with Crippen molar-refractivity contribution in [1.82, 2.24) is 5.32 Å². The van der Waals surface area contributed by atoms with Gasteiger partial charge in [-0.1, -0.05) is 53.7 Å². The molecule has 0 radical (unpaired) electrons. The summed E-state index contributed by atoms with van der Waals surface area (Å²) in [6, 6.07) is 18.1. The first kappa shape index (κ1) is 19.0. The van der Waals surface area contributed by atoms with Crippen LogP contribution in [0.15, 0.2) is 65.2 Å². The van der Waals surface area contributed by atoms with Gasteiger partial charge in [0.15, 0.2) is 0 Å². The summed E-state index contributed by atoms with van der Waals surface area (Å²) < 4.78 is 0. The zero-order chi connectivity index (χ0) is 19.4. The molecule has 1 aliphatic rings. The third-order valence-electron chi connectivity index (χ3n) is 3.99. The number of hydrogen-bond acceptors (Lipinski definition) is 4. The molecule has 0 aromatic heterocycles. The smallest absolute Gasteiger partial charge is 0.264 e. The number of carbonyl (C=O) groups excluding carboxylic acids is 2. The Balaban J connectivity index is 1.91. The van der Waals surface area contributed by atoms with Crippen LogP contribution in [0, 0.1) is 11.3 Å². The van der Waals surface area contributed by atoms with E-state index in [1.54, 1.807) is 31.2 Å². The quantitative estimate of drug-likeness (QED) is 0.628. The van der Waals surface area contributed by atoms with E-state index in [9.17, 15) is 14.9 Å². The SMILES string of the molecule is CC1S/C(=C(\C#N)C(=O)NCc2ccccc2)N(c2ccc(Cl)cc2)C1=O. The molecule has 1 atom stereocenters. The Labute approximate surface area is 166 Å². The molecule has 2 amide bonds. The highest BCUT2D eigenvalue weighted by molar-refractivity contribution is 8.05. The van der Waals surface area contributed by atoms with Gasteiger partial charge in [0.2, 0.25) is 5.91 Å². The Hall–Kier alpha value is -2.75. The normalized spacial score (nSPS) is 18.2. The number of thioether (sulfide) groups is 1. The minimum absolute atomic E-state index is 0.0800. The second-order valence-electron chi connectivity index (χ2n) is 5.87. The second-order valence-corrected chi connectivity index (χ2v) is 7.64. The van der Waals surface area contributed by atoms with Gasteiger partial charge in [0, 0.05) is 17.3 Å². The number of nitrogens with one attached hydrogen (secondary N) is 1. The molecule has 3 rings (SSSR count). The molecule has 1 fully saturated rings. The van der Waals surface area contributed by atoms with Gasteiger partial charge >= 0.3 is 0 Å². The van der Waals surface area contributed by atoms with Gasteiger partial charge in [-0.2, -0.15) is 5.26 Å². The lowest BCUT2D eigenvalue weighted by Gasteiger charge is -2.18. The van der Waals surface area contributed by atoms with Crippen LogP contribution in [0.1, 0.15) is 12.5 Å². The van der Waals surface area contributed by atoms with Crippen molar-refractivity contribution >= 4 is 40.9 Å². The Morgan fingerprint density at radius 3 is 2.52 bits per heavy atom. The predicted molar refractivity (Wildman–Crippen MR) is 107 cm³/mol. The number of carbonyl (C=O) groups is 2. The van der Waals surface area contributed by atoms with Crippen molar-refractivity contribution in [2.24, 2.45) is 0 Å². The first-order chi connectivity index (χ1) is 13.0. The van der Waals surface area contributed by atoms with Crippen molar-refractivity contribution in [3.63, 3.8) is 0 Å². The van der Waals surface area contributed by atoms with Crippen LogP contribution in [-0.4, -0.2) is 17.1 Å².